The van der Waals surface area contributed by atoms with Crippen LogP contribution in [0.2, 0.25) is 0 Å². The fourth-order valence-electron chi connectivity index (χ4n) is 2.42. The highest BCUT2D eigenvalue weighted by Gasteiger charge is 2.44. The lowest BCUT2D eigenvalue weighted by Gasteiger charge is -2.44. The molecule has 2 rings (SSSR count). The van der Waals surface area contributed by atoms with Gasteiger partial charge in [0.1, 0.15) is 11.7 Å². The zero-order chi connectivity index (χ0) is 13.2. The Morgan fingerprint density at radius 3 is 2.35 bits per heavy atom. The third kappa shape index (κ3) is 4.30. The van der Waals surface area contributed by atoms with Gasteiger partial charge in [-0.05, 0) is 5.56 Å². The molecule has 5 nitrogen and oxygen atoms in total. The fraction of sp³-hybridized carbons (Fsp3) is 0.538. The maximum Gasteiger partial charge on any atom is 0.118 e. The molecule has 3 atom stereocenters. The van der Waals surface area contributed by atoms with Crippen LogP contribution in [0.4, 0.5) is 0 Å². The van der Waals surface area contributed by atoms with Crippen LogP contribution in [0.1, 0.15) is 5.56 Å². The molecule has 1 aromatic rings. The monoisotopic (exact) mass is 324 g/mol. The average Bonchev–Trinajstić information content (AvgIpc) is 2.37. The average molecular weight is 325 g/mol. The number of piperidine rings is 1. The minimum Gasteiger partial charge on any atom is -0.389 e. The van der Waals surface area contributed by atoms with Crippen LogP contribution in [-0.4, -0.2) is 57.7 Å². The number of likely N-dealkylation sites (tertiary alicyclic amines) is 1. The van der Waals surface area contributed by atoms with Crippen LogP contribution >= 0.6 is 24.8 Å². The first-order chi connectivity index (χ1) is 8.55. The standard InChI is InChI=1S/C13H20N2O3.2ClH/c14-8-13(18)9-15(7-11(16)12(13)17)6-10-4-2-1-3-5-10;;/h1-5,11-12,16-18H,6-9,14H2;2*1H/t11-,12+,13+;;/m1../s1. The van der Waals surface area contributed by atoms with Crippen molar-refractivity contribution in [1.29, 1.82) is 0 Å². The second-order valence-electron chi connectivity index (χ2n) is 4.98. The highest BCUT2D eigenvalue weighted by molar-refractivity contribution is 5.85. The normalized spacial score (nSPS) is 30.2. The van der Waals surface area contributed by atoms with Gasteiger partial charge in [-0.2, -0.15) is 0 Å². The third-order valence-corrected chi connectivity index (χ3v) is 3.46. The number of hydrogen-bond acceptors (Lipinski definition) is 5. The van der Waals surface area contributed by atoms with E-state index < -0.39 is 17.8 Å². The number of nitrogens with two attached hydrogens (primary N) is 1. The van der Waals surface area contributed by atoms with Gasteiger partial charge in [0.25, 0.3) is 0 Å². The Kier molecular flexibility index (Phi) is 7.98. The van der Waals surface area contributed by atoms with Crippen molar-refractivity contribution in [2.45, 2.75) is 24.4 Å². The Hall–Kier alpha value is -0.400. The summed E-state index contributed by atoms with van der Waals surface area (Å²) < 4.78 is 0. The van der Waals surface area contributed by atoms with Crippen molar-refractivity contribution in [2.75, 3.05) is 19.6 Å². The van der Waals surface area contributed by atoms with Gasteiger partial charge in [-0.3, -0.25) is 4.90 Å². The topological polar surface area (TPSA) is 90.0 Å². The minimum atomic E-state index is -1.44. The van der Waals surface area contributed by atoms with Crippen molar-refractivity contribution in [3.63, 3.8) is 0 Å². The van der Waals surface area contributed by atoms with E-state index in [0.29, 0.717) is 13.1 Å². The molecule has 0 radical (unpaired) electrons. The zero-order valence-electron chi connectivity index (χ0n) is 11.1. The molecule has 5 N–H and O–H groups in total. The molecule has 0 spiro atoms. The number of nitrogens with zero attached hydrogens (tertiary/aromatic N) is 1. The van der Waals surface area contributed by atoms with E-state index in [9.17, 15) is 15.3 Å². The third-order valence-electron chi connectivity index (χ3n) is 3.46. The van der Waals surface area contributed by atoms with Gasteiger partial charge in [-0.25, -0.2) is 0 Å². The summed E-state index contributed by atoms with van der Waals surface area (Å²) in [5.41, 5.74) is 5.16. The summed E-state index contributed by atoms with van der Waals surface area (Å²) in [5.74, 6) is 0. The first kappa shape index (κ1) is 19.6. The summed E-state index contributed by atoms with van der Waals surface area (Å²) in [6.07, 6.45) is -2.16. The summed E-state index contributed by atoms with van der Waals surface area (Å²) >= 11 is 0. The quantitative estimate of drug-likeness (QED) is 0.616. The van der Waals surface area contributed by atoms with Crippen molar-refractivity contribution in [1.82, 2.24) is 4.90 Å². The molecule has 0 saturated carbocycles. The second kappa shape index (κ2) is 8.14. The van der Waals surface area contributed by atoms with E-state index in [0.717, 1.165) is 5.56 Å². The summed E-state index contributed by atoms with van der Waals surface area (Å²) in [6.45, 7) is 1.14. The molecule has 0 aliphatic carbocycles. The van der Waals surface area contributed by atoms with Crippen LogP contribution in [0.3, 0.4) is 0 Å². The van der Waals surface area contributed by atoms with Crippen molar-refractivity contribution >= 4 is 24.8 Å². The molecule has 0 bridgehead atoms. The minimum absolute atomic E-state index is 0. The van der Waals surface area contributed by atoms with E-state index >= 15 is 0 Å². The van der Waals surface area contributed by atoms with Gasteiger partial charge in [0.2, 0.25) is 0 Å². The Morgan fingerprint density at radius 1 is 1.20 bits per heavy atom. The lowest BCUT2D eigenvalue weighted by Crippen LogP contribution is -2.66. The fourth-order valence-corrected chi connectivity index (χ4v) is 2.42. The Morgan fingerprint density at radius 2 is 1.80 bits per heavy atom. The predicted molar refractivity (Wildman–Crippen MR) is 82.2 cm³/mol. The van der Waals surface area contributed by atoms with Crippen molar-refractivity contribution in [3.8, 4) is 0 Å². The van der Waals surface area contributed by atoms with E-state index in [1.807, 2.05) is 35.2 Å². The first-order valence-electron chi connectivity index (χ1n) is 6.10. The van der Waals surface area contributed by atoms with Crippen LogP contribution in [0.25, 0.3) is 0 Å². The molecule has 0 amide bonds. The van der Waals surface area contributed by atoms with Crippen molar-refractivity contribution in [3.05, 3.63) is 35.9 Å². The smallest absolute Gasteiger partial charge is 0.118 e. The lowest BCUT2D eigenvalue weighted by atomic mass is 9.87. The predicted octanol–water partition coefficient (Wildman–Crippen LogP) is -0.243. The number of benzene rings is 1. The number of aliphatic hydroxyl groups excluding tert-OH is 2. The largest absolute Gasteiger partial charge is 0.389 e. The van der Waals surface area contributed by atoms with Crippen molar-refractivity contribution in [2.24, 2.45) is 5.73 Å². The van der Waals surface area contributed by atoms with E-state index in [1.54, 1.807) is 0 Å². The molecule has 1 aliphatic heterocycles. The van der Waals surface area contributed by atoms with Gasteiger partial charge < -0.3 is 21.1 Å². The van der Waals surface area contributed by atoms with E-state index in [4.69, 9.17) is 5.73 Å². The Balaban J connectivity index is 0.00000180. The van der Waals surface area contributed by atoms with Gasteiger partial charge in [-0.1, -0.05) is 30.3 Å². The molecule has 1 aliphatic rings. The van der Waals surface area contributed by atoms with Gasteiger partial charge in [0.15, 0.2) is 0 Å². The molecular weight excluding hydrogens is 303 g/mol. The molecule has 1 saturated heterocycles. The SMILES string of the molecule is Cl.Cl.NC[C@]1(O)CN(Cc2ccccc2)C[C@@H](O)[C@@H]1O. The maximum absolute atomic E-state index is 10.2. The second-order valence-corrected chi connectivity index (χ2v) is 4.98. The number of halogens is 2. The molecule has 1 heterocycles. The van der Waals surface area contributed by atoms with Crippen LogP contribution in [-0.2, 0) is 6.54 Å². The summed E-state index contributed by atoms with van der Waals surface area (Å²) in [6, 6.07) is 9.80. The molecule has 7 heteroatoms. The molecule has 1 aromatic carbocycles. The van der Waals surface area contributed by atoms with E-state index in [-0.39, 0.29) is 37.9 Å². The zero-order valence-corrected chi connectivity index (χ0v) is 12.7. The van der Waals surface area contributed by atoms with Crippen LogP contribution < -0.4 is 5.73 Å². The molecule has 116 valence electrons. The number of β-amino-alcohol motifs (C(OH)–C–C–N with tert-alkyl or cyclic N) is 2. The summed E-state index contributed by atoms with van der Waals surface area (Å²) in [4.78, 5) is 1.90. The van der Waals surface area contributed by atoms with Crippen molar-refractivity contribution < 1.29 is 15.3 Å². The molecule has 0 aromatic heterocycles. The summed E-state index contributed by atoms with van der Waals surface area (Å²) in [7, 11) is 0. The van der Waals surface area contributed by atoms with Gasteiger partial charge in [-0.15, -0.1) is 24.8 Å². The van der Waals surface area contributed by atoms with Crippen LogP contribution in [0.5, 0.6) is 0 Å². The molecule has 1 fully saturated rings. The van der Waals surface area contributed by atoms with Gasteiger partial charge >= 0.3 is 0 Å². The summed E-state index contributed by atoms with van der Waals surface area (Å²) in [5, 5.41) is 29.8. The maximum atomic E-state index is 10.2. The Labute approximate surface area is 131 Å². The molecular formula is C13H22Cl2N2O3. The number of hydrogen-bond donors (Lipinski definition) is 4. The molecule has 0 unspecified atom stereocenters. The Bertz CT molecular complexity index is 396. The highest BCUT2D eigenvalue weighted by Crippen LogP contribution is 2.22. The van der Waals surface area contributed by atoms with E-state index in [2.05, 4.69) is 0 Å². The first-order valence-corrected chi connectivity index (χ1v) is 6.10. The number of rotatable bonds is 3. The van der Waals surface area contributed by atoms with Gasteiger partial charge in [0.05, 0.1) is 6.10 Å². The number of aliphatic hydroxyl groups is 3. The lowest BCUT2D eigenvalue weighted by molar-refractivity contribution is -0.167. The molecule has 20 heavy (non-hydrogen) atoms. The van der Waals surface area contributed by atoms with E-state index in [1.165, 1.54) is 0 Å². The van der Waals surface area contributed by atoms with Gasteiger partial charge in [0, 0.05) is 26.2 Å². The van der Waals surface area contributed by atoms with Crippen LogP contribution in [0, 0.1) is 0 Å². The van der Waals surface area contributed by atoms with Crippen LogP contribution in [0.15, 0.2) is 30.3 Å². The highest BCUT2D eigenvalue weighted by atomic mass is 35.5.